The van der Waals surface area contributed by atoms with Gasteiger partial charge in [-0.15, -0.1) is 0 Å². The molecular weight excluding hydrogens is 318 g/mol. The van der Waals surface area contributed by atoms with Gasteiger partial charge in [-0.25, -0.2) is 4.98 Å². The van der Waals surface area contributed by atoms with Gasteiger partial charge in [0.25, 0.3) is 0 Å². The lowest BCUT2D eigenvalue weighted by Gasteiger charge is -2.18. The lowest BCUT2D eigenvalue weighted by Crippen LogP contribution is -2.17. The van der Waals surface area contributed by atoms with E-state index in [-0.39, 0.29) is 5.41 Å². The molecule has 1 aromatic carbocycles. The van der Waals surface area contributed by atoms with Crippen LogP contribution in [-0.4, -0.2) is 9.97 Å². The van der Waals surface area contributed by atoms with E-state index in [0.29, 0.717) is 23.3 Å². The summed E-state index contributed by atoms with van der Waals surface area (Å²) in [6.45, 7) is 8.13. The van der Waals surface area contributed by atoms with Gasteiger partial charge in [-0.3, -0.25) is 0 Å². The molecule has 0 spiro atoms. The fourth-order valence-electron chi connectivity index (χ4n) is 1.63. The third-order valence-electron chi connectivity index (χ3n) is 2.70. The number of ether oxygens (including phenoxy) is 1. The van der Waals surface area contributed by atoms with Crippen LogP contribution in [0.25, 0.3) is 0 Å². The largest absolute Gasteiger partial charge is 0.438 e. The number of anilines is 1. The molecule has 0 aliphatic rings. The van der Waals surface area contributed by atoms with E-state index in [9.17, 15) is 0 Å². The highest BCUT2D eigenvalue weighted by Gasteiger charge is 2.19. The van der Waals surface area contributed by atoms with E-state index in [0.717, 1.165) is 10.0 Å². The molecule has 0 aliphatic heterocycles. The van der Waals surface area contributed by atoms with Crippen molar-refractivity contribution in [3.63, 3.8) is 0 Å². The number of halogens is 1. The first-order valence-corrected chi connectivity index (χ1v) is 7.14. The van der Waals surface area contributed by atoms with E-state index in [1.165, 1.54) is 0 Å². The Labute approximate surface area is 127 Å². The summed E-state index contributed by atoms with van der Waals surface area (Å²) in [6.07, 6.45) is 0. The number of aryl methyl sites for hydroxylation is 1. The third kappa shape index (κ3) is 3.48. The Morgan fingerprint density at radius 3 is 2.45 bits per heavy atom. The first-order chi connectivity index (χ1) is 9.25. The number of hydrogen-bond acceptors (Lipinski definition) is 4. The number of hydrogen-bond donors (Lipinski definition) is 1. The Bertz CT molecular complexity index is 636. The van der Waals surface area contributed by atoms with E-state index in [1.807, 2.05) is 45.9 Å². The molecule has 106 valence electrons. The van der Waals surface area contributed by atoms with Crippen LogP contribution < -0.4 is 10.5 Å². The molecule has 5 heteroatoms. The monoisotopic (exact) mass is 335 g/mol. The lowest BCUT2D eigenvalue weighted by atomic mass is 9.96. The average Bonchev–Trinajstić information content (AvgIpc) is 2.31. The van der Waals surface area contributed by atoms with E-state index in [1.54, 1.807) is 6.07 Å². The Morgan fingerprint density at radius 2 is 1.85 bits per heavy atom. The highest BCUT2D eigenvalue weighted by Crippen LogP contribution is 2.31. The lowest BCUT2D eigenvalue weighted by molar-refractivity contribution is 0.444. The summed E-state index contributed by atoms with van der Waals surface area (Å²) in [7, 11) is 0. The molecule has 0 aliphatic carbocycles. The van der Waals surface area contributed by atoms with Crippen molar-refractivity contribution in [3.05, 3.63) is 40.1 Å². The van der Waals surface area contributed by atoms with Crippen LogP contribution in [0.5, 0.6) is 11.6 Å². The second kappa shape index (κ2) is 5.40. The molecule has 0 saturated heterocycles. The van der Waals surface area contributed by atoms with Gasteiger partial charge in [0, 0.05) is 11.5 Å². The molecule has 1 aromatic heterocycles. The molecular formula is C15H18BrN3O. The molecule has 0 amide bonds. The zero-order chi connectivity index (χ0) is 14.9. The molecule has 2 rings (SSSR count). The molecule has 0 bridgehead atoms. The van der Waals surface area contributed by atoms with Crippen LogP contribution >= 0.6 is 15.9 Å². The van der Waals surface area contributed by atoms with Gasteiger partial charge < -0.3 is 10.5 Å². The second-order valence-corrected chi connectivity index (χ2v) is 6.59. The van der Waals surface area contributed by atoms with Crippen LogP contribution in [0.1, 0.15) is 32.2 Å². The number of nitrogen functional groups attached to an aromatic ring is 1. The third-order valence-corrected chi connectivity index (χ3v) is 3.31. The maximum Gasteiger partial charge on any atom is 0.224 e. The Morgan fingerprint density at radius 1 is 1.15 bits per heavy atom. The highest BCUT2D eigenvalue weighted by molar-refractivity contribution is 9.10. The number of nitrogens with zero attached hydrogens (tertiary/aromatic N) is 2. The summed E-state index contributed by atoms with van der Waals surface area (Å²) >= 11 is 3.48. The molecule has 0 radical (unpaired) electrons. The van der Waals surface area contributed by atoms with Gasteiger partial charge in [-0.1, -0.05) is 26.8 Å². The second-order valence-electron chi connectivity index (χ2n) is 5.74. The van der Waals surface area contributed by atoms with Crippen LogP contribution in [0.3, 0.4) is 0 Å². The minimum atomic E-state index is -0.183. The molecule has 1 heterocycles. The van der Waals surface area contributed by atoms with Crippen LogP contribution in [0.2, 0.25) is 0 Å². The predicted octanol–water partition coefficient (Wildman–Crippen LogP) is 4.22. The molecule has 0 fully saturated rings. The SMILES string of the molecule is Cc1ccc(Oc2cc(N)nc(C(C)(C)C)n2)c(Br)c1. The van der Waals surface area contributed by atoms with E-state index in [2.05, 4.69) is 25.9 Å². The summed E-state index contributed by atoms with van der Waals surface area (Å²) in [5.41, 5.74) is 6.80. The van der Waals surface area contributed by atoms with Gasteiger partial charge >= 0.3 is 0 Å². The van der Waals surface area contributed by atoms with E-state index in [4.69, 9.17) is 10.5 Å². The smallest absolute Gasteiger partial charge is 0.224 e. The number of rotatable bonds is 2. The fraction of sp³-hybridized carbons (Fsp3) is 0.333. The summed E-state index contributed by atoms with van der Waals surface area (Å²) < 4.78 is 6.68. The molecule has 4 nitrogen and oxygen atoms in total. The first kappa shape index (κ1) is 14.8. The highest BCUT2D eigenvalue weighted by atomic mass is 79.9. The molecule has 0 saturated carbocycles. The molecule has 0 unspecified atom stereocenters. The van der Waals surface area contributed by atoms with Crippen LogP contribution in [0, 0.1) is 6.92 Å². The first-order valence-electron chi connectivity index (χ1n) is 6.35. The molecule has 20 heavy (non-hydrogen) atoms. The van der Waals surface area contributed by atoms with Crippen molar-refractivity contribution in [1.82, 2.24) is 9.97 Å². The van der Waals surface area contributed by atoms with Gasteiger partial charge in [0.2, 0.25) is 5.88 Å². The Balaban J connectivity index is 2.36. The van der Waals surface area contributed by atoms with E-state index >= 15 is 0 Å². The van der Waals surface area contributed by atoms with Gasteiger partial charge in [-0.2, -0.15) is 4.98 Å². The molecule has 0 atom stereocenters. The van der Waals surface area contributed by atoms with Crippen LogP contribution in [-0.2, 0) is 5.41 Å². The maximum atomic E-state index is 5.83. The number of benzene rings is 1. The standard InChI is InChI=1S/C15H18BrN3O/c1-9-5-6-11(10(16)7-9)20-13-8-12(17)18-14(19-13)15(2,3)4/h5-8H,1-4H3,(H2,17,18,19). The predicted molar refractivity (Wildman–Crippen MR) is 84.1 cm³/mol. The minimum Gasteiger partial charge on any atom is -0.438 e. The number of nitrogens with two attached hydrogens (primary N) is 1. The summed E-state index contributed by atoms with van der Waals surface area (Å²) in [6, 6.07) is 7.50. The maximum absolute atomic E-state index is 5.83. The molecule has 2 N–H and O–H groups in total. The molecule has 2 aromatic rings. The Hall–Kier alpha value is -1.62. The number of aromatic nitrogens is 2. The zero-order valence-corrected chi connectivity index (χ0v) is 13.7. The fourth-order valence-corrected chi connectivity index (χ4v) is 2.21. The average molecular weight is 336 g/mol. The van der Waals surface area contributed by atoms with Crippen molar-refractivity contribution in [2.24, 2.45) is 0 Å². The van der Waals surface area contributed by atoms with Gasteiger partial charge in [0.15, 0.2) is 0 Å². The van der Waals surface area contributed by atoms with Crippen molar-refractivity contribution in [2.75, 3.05) is 5.73 Å². The summed E-state index contributed by atoms with van der Waals surface area (Å²) in [5.74, 6) is 2.22. The quantitative estimate of drug-likeness (QED) is 0.892. The normalized spacial score (nSPS) is 11.4. The van der Waals surface area contributed by atoms with Crippen molar-refractivity contribution in [2.45, 2.75) is 33.1 Å². The van der Waals surface area contributed by atoms with Crippen molar-refractivity contribution in [1.29, 1.82) is 0 Å². The van der Waals surface area contributed by atoms with Crippen LogP contribution in [0.4, 0.5) is 5.82 Å². The van der Waals surface area contributed by atoms with Gasteiger partial charge in [0.1, 0.15) is 17.4 Å². The Kier molecular flexibility index (Phi) is 3.99. The summed E-state index contributed by atoms with van der Waals surface area (Å²) in [5, 5.41) is 0. The minimum absolute atomic E-state index is 0.183. The van der Waals surface area contributed by atoms with E-state index < -0.39 is 0 Å². The van der Waals surface area contributed by atoms with Crippen LogP contribution in [0.15, 0.2) is 28.7 Å². The van der Waals surface area contributed by atoms with Gasteiger partial charge in [0.05, 0.1) is 4.47 Å². The van der Waals surface area contributed by atoms with Crippen molar-refractivity contribution in [3.8, 4) is 11.6 Å². The van der Waals surface area contributed by atoms with Gasteiger partial charge in [-0.05, 0) is 40.5 Å². The topological polar surface area (TPSA) is 61.0 Å². The zero-order valence-electron chi connectivity index (χ0n) is 12.1. The van der Waals surface area contributed by atoms with Crippen molar-refractivity contribution >= 4 is 21.7 Å². The van der Waals surface area contributed by atoms with Crippen molar-refractivity contribution < 1.29 is 4.74 Å². The summed E-state index contributed by atoms with van der Waals surface area (Å²) in [4.78, 5) is 8.69.